The molecule has 2 atom stereocenters. The van der Waals surface area contributed by atoms with E-state index in [0.717, 1.165) is 17.4 Å². The molecule has 0 N–H and O–H groups in total. The lowest BCUT2D eigenvalue weighted by molar-refractivity contribution is -0.384. The molecule has 30 heavy (non-hydrogen) atoms. The second-order valence-electron chi connectivity index (χ2n) is 7.22. The number of hydrogen-bond acceptors (Lipinski definition) is 7. The van der Waals surface area contributed by atoms with Crippen LogP contribution >= 0.6 is 0 Å². The largest absolute Gasteiger partial charge is 0.334 e. The number of benzene rings is 2. The Balaban J connectivity index is 2.13. The number of nitrogens with zero attached hydrogens (tertiary/aromatic N) is 4. The van der Waals surface area contributed by atoms with Crippen LogP contribution in [-0.2, 0) is 22.4 Å². The monoisotopic (exact) mass is 412 g/mol. The van der Waals surface area contributed by atoms with E-state index in [1.165, 1.54) is 17.0 Å². The highest BCUT2D eigenvalue weighted by molar-refractivity contribution is 5.84. The number of nitro groups is 1. The van der Waals surface area contributed by atoms with Gasteiger partial charge in [0.05, 0.1) is 17.0 Å². The van der Waals surface area contributed by atoms with Gasteiger partial charge >= 0.3 is 0 Å². The summed E-state index contributed by atoms with van der Waals surface area (Å²) in [6, 6.07) is 11.4. The van der Waals surface area contributed by atoms with E-state index >= 15 is 0 Å². The van der Waals surface area contributed by atoms with E-state index in [2.05, 4.69) is 5.18 Å². The van der Waals surface area contributed by atoms with Gasteiger partial charge in [-0.15, -0.1) is 4.91 Å². The van der Waals surface area contributed by atoms with Crippen molar-refractivity contribution >= 4 is 23.6 Å². The summed E-state index contributed by atoms with van der Waals surface area (Å²) in [5.74, 6) is -0.235. The van der Waals surface area contributed by atoms with Crippen molar-refractivity contribution < 1.29 is 14.5 Å². The number of aldehydes is 1. The van der Waals surface area contributed by atoms with Crippen molar-refractivity contribution in [3.8, 4) is 0 Å². The molecule has 0 saturated carbocycles. The molecule has 0 aromatic heterocycles. The van der Waals surface area contributed by atoms with Crippen molar-refractivity contribution in [3.05, 3.63) is 74.7 Å². The highest BCUT2D eigenvalue weighted by Crippen LogP contribution is 2.18. The SMILES string of the molecule is CN(C)C(Cc1ccc([N+](=O)[O-])cc1)C(=O)N(C)C(C=O)Cc1ccc(N=O)cc1. The number of nitro benzene ring substituents is 1. The highest BCUT2D eigenvalue weighted by atomic mass is 16.6. The molecule has 0 radical (unpaired) electrons. The van der Waals surface area contributed by atoms with Gasteiger partial charge in [-0.1, -0.05) is 24.3 Å². The number of non-ortho nitro benzene ring substituents is 1. The minimum Gasteiger partial charge on any atom is -0.334 e. The van der Waals surface area contributed by atoms with Crippen LogP contribution in [0.25, 0.3) is 0 Å². The molecular formula is C21H24N4O5. The third-order valence-corrected chi connectivity index (χ3v) is 4.97. The number of amides is 1. The molecule has 1 amide bonds. The fourth-order valence-corrected chi connectivity index (χ4v) is 3.08. The van der Waals surface area contributed by atoms with Crippen LogP contribution in [0.5, 0.6) is 0 Å². The topological polar surface area (TPSA) is 113 Å². The van der Waals surface area contributed by atoms with E-state index in [-0.39, 0.29) is 11.6 Å². The van der Waals surface area contributed by atoms with Crippen LogP contribution in [0.2, 0.25) is 0 Å². The molecule has 0 spiro atoms. The summed E-state index contributed by atoms with van der Waals surface area (Å²) >= 11 is 0. The van der Waals surface area contributed by atoms with Crippen molar-refractivity contribution in [1.29, 1.82) is 0 Å². The van der Waals surface area contributed by atoms with Crippen LogP contribution in [0.3, 0.4) is 0 Å². The summed E-state index contributed by atoms with van der Waals surface area (Å²) in [6.07, 6.45) is 1.38. The number of hydrogen-bond donors (Lipinski definition) is 0. The summed E-state index contributed by atoms with van der Waals surface area (Å²) in [6.45, 7) is 0. The van der Waals surface area contributed by atoms with Crippen molar-refractivity contribution in [3.63, 3.8) is 0 Å². The zero-order valence-electron chi connectivity index (χ0n) is 17.1. The molecule has 0 heterocycles. The van der Waals surface area contributed by atoms with Crippen LogP contribution in [-0.4, -0.2) is 60.1 Å². The summed E-state index contributed by atoms with van der Waals surface area (Å²) in [7, 11) is 5.11. The van der Waals surface area contributed by atoms with E-state index in [0.29, 0.717) is 18.5 Å². The van der Waals surface area contributed by atoms with Gasteiger partial charge in [0.1, 0.15) is 12.0 Å². The lowest BCUT2D eigenvalue weighted by Crippen LogP contribution is -2.50. The number of carbonyl (C=O) groups excluding carboxylic acids is 2. The van der Waals surface area contributed by atoms with Crippen molar-refractivity contribution in [2.45, 2.75) is 24.9 Å². The maximum atomic E-state index is 13.1. The summed E-state index contributed by atoms with van der Waals surface area (Å²) in [5.41, 5.74) is 1.86. The van der Waals surface area contributed by atoms with Crippen molar-refractivity contribution in [1.82, 2.24) is 9.80 Å². The maximum Gasteiger partial charge on any atom is 0.269 e. The molecule has 2 aromatic carbocycles. The van der Waals surface area contributed by atoms with E-state index in [1.54, 1.807) is 62.4 Å². The smallest absolute Gasteiger partial charge is 0.269 e. The van der Waals surface area contributed by atoms with Crippen LogP contribution in [0.15, 0.2) is 53.7 Å². The van der Waals surface area contributed by atoms with Crippen LogP contribution in [0, 0.1) is 15.0 Å². The Morgan fingerprint density at radius 2 is 1.57 bits per heavy atom. The summed E-state index contributed by atoms with van der Waals surface area (Å²) < 4.78 is 0. The fraction of sp³-hybridized carbons (Fsp3) is 0.333. The van der Waals surface area contributed by atoms with Gasteiger partial charge in [-0.25, -0.2) is 0 Å². The molecule has 0 saturated heterocycles. The molecule has 2 aromatic rings. The average Bonchev–Trinajstić information content (AvgIpc) is 2.75. The number of rotatable bonds is 10. The third-order valence-electron chi connectivity index (χ3n) is 4.97. The molecular weight excluding hydrogens is 388 g/mol. The molecule has 0 aliphatic heterocycles. The van der Waals surface area contributed by atoms with E-state index in [1.807, 2.05) is 0 Å². The number of likely N-dealkylation sites (N-methyl/N-ethyl adjacent to an activating group) is 2. The van der Waals surface area contributed by atoms with Gasteiger partial charge in [-0.05, 0) is 55.4 Å². The predicted molar refractivity (Wildman–Crippen MR) is 112 cm³/mol. The maximum absolute atomic E-state index is 13.1. The van der Waals surface area contributed by atoms with Gasteiger partial charge in [0, 0.05) is 19.2 Å². The summed E-state index contributed by atoms with van der Waals surface area (Å²) in [5, 5.41) is 13.7. The first kappa shape index (κ1) is 22.8. The highest BCUT2D eigenvalue weighted by Gasteiger charge is 2.29. The average molecular weight is 412 g/mol. The Hall–Kier alpha value is -3.46. The molecule has 0 bridgehead atoms. The van der Waals surface area contributed by atoms with Gasteiger partial charge in [-0.3, -0.25) is 19.8 Å². The van der Waals surface area contributed by atoms with Crippen LogP contribution in [0.1, 0.15) is 11.1 Å². The second kappa shape index (κ2) is 10.4. The predicted octanol–water partition coefficient (Wildman–Crippen LogP) is 2.73. The number of nitroso groups, excluding NO2 is 1. The molecule has 2 unspecified atom stereocenters. The second-order valence-corrected chi connectivity index (χ2v) is 7.22. The van der Waals surface area contributed by atoms with Gasteiger partial charge < -0.3 is 9.69 Å². The lowest BCUT2D eigenvalue weighted by atomic mass is 10.0. The first-order valence-corrected chi connectivity index (χ1v) is 9.30. The van der Waals surface area contributed by atoms with Gasteiger partial charge in [0.25, 0.3) is 5.69 Å². The quantitative estimate of drug-likeness (QED) is 0.257. The van der Waals surface area contributed by atoms with Gasteiger partial charge in [0.2, 0.25) is 5.91 Å². The Kier molecular flexibility index (Phi) is 7.88. The molecule has 9 heteroatoms. The van der Waals surface area contributed by atoms with Gasteiger partial charge in [-0.2, -0.15) is 0 Å². The van der Waals surface area contributed by atoms with Crippen LogP contribution in [0.4, 0.5) is 11.4 Å². The van der Waals surface area contributed by atoms with Crippen molar-refractivity contribution in [2.75, 3.05) is 21.1 Å². The molecule has 158 valence electrons. The lowest BCUT2D eigenvalue weighted by Gasteiger charge is -2.31. The first-order valence-electron chi connectivity index (χ1n) is 9.30. The number of carbonyl (C=O) groups is 2. The Bertz CT molecular complexity index is 897. The standard InChI is InChI=1S/C21H24N4O5/c1-23(2)20(13-16-6-10-18(11-7-16)25(29)30)21(27)24(3)19(14-26)12-15-4-8-17(22-28)9-5-15/h4-11,14,19-20H,12-13H2,1-3H3. The molecule has 2 rings (SSSR count). The van der Waals surface area contributed by atoms with Gasteiger partial charge in [0.15, 0.2) is 0 Å². The Morgan fingerprint density at radius 3 is 2.03 bits per heavy atom. The zero-order chi connectivity index (χ0) is 22.3. The third kappa shape index (κ3) is 5.77. The van der Waals surface area contributed by atoms with E-state index in [9.17, 15) is 24.6 Å². The van der Waals surface area contributed by atoms with E-state index in [4.69, 9.17) is 0 Å². The normalized spacial score (nSPS) is 12.8. The minimum atomic E-state index is -0.674. The summed E-state index contributed by atoms with van der Waals surface area (Å²) in [4.78, 5) is 48.9. The fourth-order valence-electron chi connectivity index (χ4n) is 3.08. The Labute approximate surface area is 174 Å². The minimum absolute atomic E-state index is 0.0135. The molecule has 0 aliphatic carbocycles. The first-order chi connectivity index (χ1) is 14.3. The molecule has 0 aliphatic rings. The Morgan fingerprint density at radius 1 is 1.03 bits per heavy atom. The van der Waals surface area contributed by atoms with Crippen molar-refractivity contribution in [2.24, 2.45) is 5.18 Å². The zero-order valence-corrected chi connectivity index (χ0v) is 17.1. The molecule has 0 fully saturated rings. The molecule has 9 nitrogen and oxygen atoms in total. The van der Waals surface area contributed by atoms with E-state index < -0.39 is 17.0 Å². The van der Waals surface area contributed by atoms with Crippen LogP contribution < -0.4 is 0 Å².